The van der Waals surface area contributed by atoms with E-state index in [2.05, 4.69) is 15.6 Å². The second-order valence-electron chi connectivity index (χ2n) is 3.36. The number of halogens is 1. The minimum atomic E-state index is -0.339. The molecule has 1 aliphatic rings. The number of amidine groups is 1. The van der Waals surface area contributed by atoms with E-state index in [1.807, 2.05) is 6.07 Å². The molecular weight excluding hydrogens is 274 g/mol. The second-order valence-corrected chi connectivity index (χ2v) is 4.67. The number of ether oxygens (including phenoxy) is 1. The van der Waals surface area contributed by atoms with Crippen molar-refractivity contribution in [2.75, 3.05) is 23.7 Å². The van der Waals surface area contributed by atoms with Gasteiger partial charge in [-0.05, 0) is 12.1 Å². The van der Waals surface area contributed by atoms with Crippen LogP contribution in [-0.2, 0) is 0 Å². The number of alkyl halides is 1. The Balaban J connectivity index is 1.97. The zero-order valence-corrected chi connectivity index (χ0v) is 11.1. The fourth-order valence-electron chi connectivity index (χ4n) is 1.42. The van der Waals surface area contributed by atoms with Crippen LogP contribution in [0.2, 0.25) is 0 Å². The predicted molar refractivity (Wildman–Crippen MR) is 74.7 cm³/mol. The van der Waals surface area contributed by atoms with Crippen LogP contribution in [0.25, 0.3) is 0 Å². The zero-order chi connectivity index (χ0) is 12.8. The molecule has 0 saturated heterocycles. The molecule has 7 heteroatoms. The number of hydrogen-bond acceptors (Lipinski definition) is 4. The molecule has 0 aliphatic carbocycles. The van der Waals surface area contributed by atoms with Gasteiger partial charge in [0.1, 0.15) is 5.75 Å². The molecule has 1 aliphatic heterocycles. The summed E-state index contributed by atoms with van der Waals surface area (Å²) in [6.45, 7) is 0.742. The van der Waals surface area contributed by atoms with Crippen molar-refractivity contribution in [3.63, 3.8) is 0 Å². The summed E-state index contributed by atoms with van der Waals surface area (Å²) in [4.78, 5) is 15.9. The van der Waals surface area contributed by atoms with E-state index in [1.54, 1.807) is 18.2 Å². The molecule has 2 rings (SSSR count). The van der Waals surface area contributed by atoms with Gasteiger partial charge in [0.25, 0.3) is 0 Å². The molecule has 1 aromatic carbocycles. The van der Waals surface area contributed by atoms with Gasteiger partial charge in [0, 0.05) is 5.75 Å². The first-order valence-electron chi connectivity index (χ1n) is 5.32. The van der Waals surface area contributed by atoms with Crippen molar-refractivity contribution in [2.45, 2.75) is 0 Å². The summed E-state index contributed by atoms with van der Waals surface area (Å²) in [5, 5.41) is 6.01. The van der Waals surface area contributed by atoms with Crippen molar-refractivity contribution in [1.29, 1.82) is 0 Å². The molecule has 0 unspecified atom stereocenters. The fourth-order valence-corrected chi connectivity index (χ4v) is 2.26. The Kier molecular flexibility index (Phi) is 4.72. The van der Waals surface area contributed by atoms with Crippen LogP contribution < -0.4 is 15.4 Å². The lowest BCUT2D eigenvalue weighted by Crippen LogP contribution is -2.32. The number of carbonyl (C=O) groups is 1. The van der Waals surface area contributed by atoms with Gasteiger partial charge in [0.15, 0.2) is 11.2 Å². The van der Waals surface area contributed by atoms with E-state index in [0.717, 1.165) is 12.3 Å². The number of urea groups is 1. The Bertz CT molecular complexity index is 467. The Morgan fingerprint density at radius 3 is 3.00 bits per heavy atom. The molecule has 0 fully saturated rings. The smallest absolute Gasteiger partial charge is 0.325 e. The molecule has 2 N–H and O–H groups in total. The number of benzene rings is 1. The van der Waals surface area contributed by atoms with Crippen molar-refractivity contribution in [2.24, 2.45) is 4.99 Å². The quantitative estimate of drug-likeness (QED) is 0.839. The lowest BCUT2D eigenvalue weighted by atomic mass is 10.3. The van der Waals surface area contributed by atoms with Gasteiger partial charge in [0.05, 0.1) is 12.2 Å². The van der Waals surface area contributed by atoms with Gasteiger partial charge in [-0.3, -0.25) is 10.3 Å². The number of anilines is 1. The van der Waals surface area contributed by atoms with Gasteiger partial charge >= 0.3 is 6.03 Å². The zero-order valence-electron chi connectivity index (χ0n) is 9.48. The van der Waals surface area contributed by atoms with Crippen LogP contribution in [0.3, 0.4) is 0 Å². The monoisotopic (exact) mass is 285 g/mol. The fraction of sp³-hybridized carbons (Fsp3) is 0.273. The normalized spacial score (nSPS) is 13.9. The Labute approximate surface area is 114 Å². The maximum Gasteiger partial charge on any atom is 0.325 e. The first-order chi connectivity index (χ1) is 8.79. The predicted octanol–water partition coefficient (Wildman–Crippen LogP) is 2.49. The van der Waals surface area contributed by atoms with Crippen LogP contribution in [-0.4, -0.2) is 29.6 Å². The summed E-state index contributed by atoms with van der Waals surface area (Å²) < 4.78 is 5.20. The van der Waals surface area contributed by atoms with E-state index in [-0.39, 0.29) is 12.1 Å². The van der Waals surface area contributed by atoms with Crippen LogP contribution in [0.15, 0.2) is 29.3 Å². The first-order valence-corrected chi connectivity index (χ1v) is 6.84. The highest BCUT2D eigenvalue weighted by atomic mass is 35.5. The molecule has 0 aromatic heterocycles. The maximum absolute atomic E-state index is 11.7. The average molecular weight is 286 g/mol. The van der Waals surface area contributed by atoms with Crippen molar-refractivity contribution in [3.8, 4) is 5.75 Å². The minimum absolute atomic E-state index is 0.0306. The van der Waals surface area contributed by atoms with Gasteiger partial charge in [-0.1, -0.05) is 35.5 Å². The molecule has 1 heterocycles. The number of para-hydroxylation sites is 2. The minimum Gasteiger partial charge on any atom is -0.476 e. The van der Waals surface area contributed by atoms with Crippen molar-refractivity contribution >= 4 is 40.2 Å². The van der Waals surface area contributed by atoms with Crippen molar-refractivity contribution < 1.29 is 9.53 Å². The van der Waals surface area contributed by atoms with Crippen molar-refractivity contribution in [3.05, 3.63) is 24.3 Å². The molecule has 0 spiro atoms. The number of hydrogen-bond donors (Lipinski definition) is 2. The summed E-state index contributed by atoms with van der Waals surface area (Å²) in [7, 11) is 0. The van der Waals surface area contributed by atoms with E-state index in [9.17, 15) is 4.79 Å². The molecular formula is C11H12ClN3O2S. The summed E-state index contributed by atoms with van der Waals surface area (Å²) in [6, 6.07) is 6.78. The molecule has 2 amide bonds. The summed E-state index contributed by atoms with van der Waals surface area (Å²) >= 11 is 7.03. The lowest BCUT2D eigenvalue weighted by Gasteiger charge is -2.11. The largest absolute Gasteiger partial charge is 0.476 e. The topological polar surface area (TPSA) is 62.7 Å². The molecule has 0 radical (unpaired) electrons. The maximum atomic E-state index is 11.7. The van der Waals surface area contributed by atoms with Crippen LogP contribution in [0.1, 0.15) is 0 Å². The van der Waals surface area contributed by atoms with Crippen LogP contribution in [0.4, 0.5) is 10.5 Å². The molecule has 0 bridgehead atoms. The average Bonchev–Trinajstić information content (AvgIpc) is 2.84. The van der Waals surface area contributed by atoms with E-state index >= 15 is 0 Å². The Morgan fingerprint density at radius 1 is 1.44 bits per heavy atom. The second kappa shape index (κ2) is 6.51. The van der Waals surface area contributed by atoms with Crippen LogP contribution in [0.5, 0.6) is 5.75 Å². The van der Waals surface area contributed by atoms with Crippen LogP contribution in [0, 0.1) is 0 Å². The lowest BCUT2D eigenvalue weighted by molar-refractivity contribution is 0.256. The van der Waals surface area contributed by atoms with Gasteiger partial charge in [-0.15, -0.1) is 0 Å². The highest BCUT2D eigenvalue weighted by molar-refractivity contribution is 8.14. The number of carbonyl (C=O) groups excluding carboxylic acids is 1. The molecule has 5 nitrogen and oxygen atoms in total. The van der Waals surface area contributed by atoms with E-state index in [4.69, 9.17) is 16.3 Å². The number of nitrogens with one attached hydrogen (secondary N) is 2. The molecule has 0 saturated carbocycles. The molecule has 18 heavy (non-hydrogen) atoms. The molecule has 1 aromatic rings. The summed E-state index contributed by atoms with van der Waals surface area (Å²) in [5.41, 5.74) is 0.569. The third-order valence-corrected chi connectivity index (χ3v) is 3.15. The van der Waals surface area contributed by atoms with Crippen LogP contribution >= 0.6 is 23.4 Å². The molecule has 96 valence electrons. The standard InChI is InChI=1S/C11H12ClN3O2S/c12-7-17-9-4-2-1-3-8(9)14-10(16)15-11-13-5-6-18-11/h1-4H,5-7H2,(H2,13,14,15,16). The number of thioether (sulfide) groups is 1. The van der Waals surface area contributed by atoms with Gasteiger partial charge in [-0.25, -0.2) is 4.79 Å². The summed E-state index contributed by atoms with van der Waals surface area (Å²) in [6.07, 6.45) is 0. The van der Waals surface area contributed by atoms with Crippen molar-refractivity contribution in [1.82, 2.24) is 5.32 Å². The van der Waals surface area contributed by atoms with E-state index in [0.29, 0.717) is 16.6 Å². The number of nitrogens with zero attached hydrogens (tertiary/aromatic N) is 1. The van der Waals surface area contributed by atoms with Gasteiger partial charge in [0.2, 0.25) is 0 Å². The van der Waals surface area contributed by atoms with E-state index in [1.165, 1.54) is 11.8 Å². The number of rotatable bonds is 3. The first kappa shape index (κ1) is 13.0. The third kappa shape index (κ3) is 3.54. The number of amides is 2. The van der Waals surface area contributed by atoms with Gasteiger partial charge in [-0.2, -0.15) is 0 Å². The molecule has 0 atom stereocenters. The SMILES string of the molecule is O=C(NC1=NCCS1)Nc1ccccc1OCCl. The third-order valence-electron chi connectivity index (χ3n) is 2.15. The number of aliphatic imine (C=N–C) groups is 1. The Morgan fingerprint density at radius 2 is 2.28 bits per heavy atom. The highest BCUT2D eigenvalue weighted by Gasteiger charge is 2.12. The Hall–Kier alpha value is -1.40. The van der Waals surface area contributed by atoms with E-state index < -0.39 is 0 Å². The highest BCUT2D eigenvalue weighted by Crippen LogP contribution is 2.23. The summed E-state index contributed by atoms with van der Waals surface area (Å²) in [5.74, 6) is 1.44. The van der Waals surface area contributed by atoms with Gasteiger partial charge < -0.3 is 10.1 Å².